The van der Waals surface area contributed by atoms with Gasteiger partial charge in [-0.3, -0.25) is 0 Å². The van der Waals surface area contributed by atoms with E-state index in [1.54, 1.807) is 12.1 Å². The highest BCUT2D eigenvalue weighted by Crippen LogP contribution is 2.17. The van der Waals surface area contributed by atoms with E-state index in [1.165, 1.54) is 5.56 Å². The molecule has 0 fully saturated rings. The Bertz CT molecular complexity index is 868. The highest BCUT2D eigenvalue weighted by Gasteiger charge is 2.04. The van der Waals surface area contributed by atoms with Crippen molar-refractivity contribution < 1.29 is 0 Å². The maximum Gasteiger partial charge on any atom is 0.229 e. The molecular formula is C19H17N5. The van der Waals surface area contributed by atoms with Crippen LogP contribution < -0.4 is 10.6 Å². The molecule has 0 spiro atoms. The van der Waals surface area contributed by atoms with Crippen molar-refractivity contribution in [3.05, 3.63) is 77.5 Å². The van der Waals surface area contributed by atoms with E-state index in [1.807, 2.05) is 43.3 Å². The minimum Gasteiger partial charge on any atom is -0.366 e. The molecule has 2 N–H and O–H groups in total. The van der Waals surface area contributed by atoms with Crippen LogP contribution in [0.4, 0.5) is 17.5 Å². The molecule has 5 heteroatoms. The van der Waals surface area contributed by atoms with Crippen molar-refractivity contribution >= 4 is 17.5 Å². The van der Waals surface area contributed by atoms with E-state index < -0.39 is 0 Å². The van der Waals surface area contributed by atoms with Gasteiger partial charge in [0, 0.05) is 24.0 Å². The molecule has 118 valence electrons. The van der Waals surface area contributed by atoms with E-state index in [0.29, 0.717) is 18.1 Å². The SMILES string of the molecule is Cc1cc(NCc2ccccc2)nc(Nc2cccc(C#N)c2)n1. The van der Waals surface area contributed by atoms with Crippen LogP contribution in [0, 0.1) is 18.3 Å². The van der Waals surface area contributed by atoms with Gasteiger partial charge in [-0.2, -0.15) is 10.2 Å². The predicted molar refractivity (Wildman–Crippen MR) is 95.0 cm³/mol. The van der Waals surface area contributed by atoms with Crippen LogP contribution in [0.25, 0.3) is 0 Å². The molecule has 0 saturated carbocycles. The minimum absolute atomic E-state index is 0.501. The molecular weight excluding hydrogens is 298 g/mol. The summed E-state index contributed by atoms with van der Waals surface area (Å²) < 4.78 is 0. The molecule has 0 aliphatic carbocycles. The monoisotopic (exact) mass is 315 g/mol. The summed E-state index contributed by atoms with van der Waals surface area (Å²) in [5.74, 6) is 1.26. The number of aromatic nitrogens is 2. The number of aryl methyl sites for hydroxylation is 1. The van der Waals surface area contributed by atoms with Crippen LogP contribution in [0.5, 0.6) is 0 Å². The molecule has 1 aromatic heterocycles. The van der Waals surface area contributed by atoms with Gasteiger partial charge in [0.25, 0.3) is 0 Å². The first kappa shape index (κ1) is 15.5. The summed E-state index contributed by atoms with van der Waals surface area (Å²) in [5.41, 5.74) is 3.42. The molecule has 0 atom stereocenters. The number of nitriles is 1. The van der Waals surface area contributed by atoms with E-state index in [0.717, 1.165) is 17.2 Å². The summed E-state index contributed by atoms with van der Waals surface area (Å²) >= 11 is 0. The highest BCUT2D eigenvalue weighted by molar-refractivity contribution is 5.57. The maximum absolute atomic E-state index is 8.98. The fourth-order valence-electron chi connectivity index (χ4n) is 2.30. The van der Waals surface area contributed by atoms with Crippen LogP contribution >= 0.6 is 0 Å². The second-order valence-electron chi connectivity index (χ2n) is 5.37. The van der Waals surface area contributed by atoms with Crippen molar-refractivity contribution in [2.24, 2.45) is 0 Å². The fourth-order valence-corrected chi connectivity index (χ4v) is 2.30. The lowest BCUT2D eigenvalue weighted by atomic mass is 10.2. The molecule has 0 amide bonds. The number of anilines is 3. The second kappa shape index (κ2) is 7.25. The van der Waals surface area contributed by atoms with Crippen LogP contribution in [-0.2, 0) is 6.54 Å². The number of rotatable bonds is 5. The van der Waals surface area contributed by atoms with Crippen LogP contribution in [-0.4, -0.2) is 9.97 Å². The van der Waals surface area contributed by atoms with Gasteiger partial charge in [0.05, 0.1) is 11.6 Å². The Morgan fingerprint density at radius 2 is 1.83 bits per heavy atom. The molecule has 0 radical (unpaired) electrons. The van der Waals surface area contributed by atoms with Gasteiger partial charge in [-0.1, -0.05) is 36.4 Å². The van der Waals surface area contributed by atoms with Crippen molar-refractivity contribution in [3.8, 4) is 6.07 Å². The first-order valence-electron chi connectivity index (χ1n) is 7.63. The summed E-state index contributed by atoms with van der Waals surface area (Å²) in [4.78, 5) is 8.88. The topological polar surface area (TPSA) is 73.6 Å². The summed E-state index contributed by atoms with van der Waals surface area (Å²) in [6, 6.07) is 21.4. The van der Waals surface area contributed by atoms with Crippen LogP contribution in [0.3, 0.4) is 0 Å². The van der Waals surface area contributed by atoms with Gasteiger partial charge in [-0.05, 0) is 30.7 Å². The van der Waals surface area contributed by atoms with Gasteiger partial charge < -0.3 is 10.6 Å². The molecule has 24 heavy (non-hydrogen) atoms. The maximum atomic E-state index is 8.98. The molecule has 2 aromatic carbocycles. The quantitative estimate of drug-likeness (QED) is 0.744. The number of nitrogens with one attached hydrogen (secondary N) is 2. The molecule has 5 nitrogen and oxygen atoms in total. The zero-order valence-electron chi connectivity index (χ0n) is 13.3. The average Bonchev–Trinajstić information content (AvgIpc) is 2.60. The lowest BCUT2D eigenvalue weighted by molar-refractivity contribution is 1.06. The lowest BCUT2D eigenvalue weighted by Gasteiger charge is -2.10. The predicted octanol–water partition coefficient (Wildman–Crippen LogP) is 4.01. The third kappa shape index (κ3) is 4.08. The van der Waals surface area contributed by atoms with Gasteiger partial charge in [0.1, 0.15) is 5.82 Å². The normalized spacial score (nSPS) is 10.0. The Balaban J connectivity index is 1.75. The number of hydrogen-bond acceptors (Lipinski definition) is 5. The van der Waals surface area contributed by atoms with Gasteiger partial charge in [-0.15, -0.1) is 0 Å². The van der Waals surface area contributed by atoms with Gasteiger partial charge in [0.2, 0.25) is 5.95 Å². The van der Waals surface area contributed by atoms with Gasteiger partial charge in [-0.25, -0.2) is 4.98 Å². The largest absolute Gasteiger partial charge is 0.366 e. The average molecular weight is 315 g/mol. The number of hydrogen-bond donors (Lipinski definition) is 2. The zero-order valence-corrected chi connectivity index (χ0v) is 13.3. The summed E-state index contributed by atoms with van der Waals surface area (Å²) in [7, 11) is 0. The molecule has 0 bridgehead atoms. The summed E-state index contributed by atoms with van der Waals surface area (Å²) in [6.45, 7) is 2.62. The van der Waals surface area contributed by atoms with Crippen molar-refractivity contribution in [1.29, 1.82) is 5.26 Å². The van der Waals surface area contributed by atoms with Crippen molar-refractivity contribution in [2.75, 3.05) is 10.6 Å². The van der Waals surface area contributed by atoms with Crippen molar-refractivity contribution in [2.45, 2.75) is 13.5 Å². The van der Waals surface area contributed by atoms with Crippen LogP contribution in [0.2, 0.25) is 0 Å². The Morgan fingerprint density at radius 3 is 2.62 bits per heavy atom. The third-order valence-corrected chi connectivity index (χ3v) is 3.42. The minimum atomic E-state index is 0.501. The van der Waals surface area contributed by atoms with Crippen LogP contribution in [0.1, 0.15) is 16.8 Å². The van der Waals surface area contributed by atoms with Crippen molar-refractivity contribution in [1.82, 2.24) is 9.97 Å². The highest BCUT2D eigenvalue weighted by atomic mass is 15.1. The molecule has 0 aliphatic heterocycles. The number of nitrogens with zero attached hydrogens (tertiary/aromatic N) is 3. The molecule has 0 unspecified atom stereocenters. The summed E-state index contributed by atoms with van der Waals surface area (Å²) in [5, 5.41) is 15.4. The molecule has 0 saturated heterocycles. The van der Waals surface area contributed by atoms with Crippen molar-refractivity contribution in [3.63, 3.8) is 0 Å². The lowest BCUT2D eigenvalue weighted by Crippen LogP contribution is -2.05. The van der Waals surface area contributed by atoms with Crippen LogP contribution in [0.15, 0.2) is 60.7 Å². The Kier molecular flexibility index (Phi) is 4.68. The standard InChI is InChI=1S/C19H17N5/c1-14-10-18(21-13-15-6-3-2-4-7-15)24-19(22-14)23-17-9-5-8-16(11-17)12-20/h2-11H,13H2,1H3,(H2,21,22,23,24). The van der Waals surface area contributed by atoms with Gasteiger partial charge in [0.15, 0.2) is 0 Å². The second-order valence-corrected chi connectivity index (χ2v) is 5.37. The van der Waals surface area contributed by atoms with Gasteiger partial charge >= 0.3 is 0 Å². The molecule has 3 aromatic rings. The van der Waals surface area contributed by atoms with E-state index in [4.69, 9.17) is 5.26 Å². The van der Waals surface area contributed by atoms with E-state index in [9.17, 15) is 0 Å². The smallest absolute Gasteiger partial charge is 0.229 e. The first-order valence-corrected chi connectivity index (χ1v) is 7.63. The molecule has 0 aliphatic rings. The first-order chi connectivity index (χ1) is 11.7. The van der Waals surface area contributed by atoms with E-state index in [2.05, 4.69) is 38.8 Å². The summed E-state index contributed by atoms with van der Waals surface area (Å²) in [6.07, 6.45) is 0. The molecule has 1 heterocycles. The Labute approximate surface area is 141 Å². The molecule has 3 rings (SSSR count). The van der Waals surface area contributed by atoms with E-state index >= 15 is 0 Å². The Hall–Kier alpha value is -3.39. The zero-order chi connectivity index (χ0) is 16.8. The van der Waals surface area contributed by atoms with E-state index in [-0.39, 0.29) is 0 Å². The fraction of sp³-hybridized carbons (Fsp3) is 0.105. The Morgan fingerprint density at radius 1 is 1.00 bits per heavy atom. The number of benzene rings is 2. The third-order valence-electron chi connectivity index (χ3n) is 3.42.